The molecule has 0 bridgehead atoms. The lowest BCUT2D eigenvalue weighted by molar-refractivity contribution is -0.139. The van der Waals surface area contributed by atoms with E-state index in [4.69, 9.17) is 9.47 Å². The molecule has 0 aromatic heterocycles. The second-order valence-corrected chi connectivity index (χ2v) is 5.99. The van der Waals surface area contributed by atoms with Crippen molar-refractivity contribution >= 4 is 17.6 Å². The predicted octanol–water partition coefficient (Wildman–Crippen LogP) is 3.80. The zero-order valence-electron chi connectivity index (χ0n) is 15.3. The highest BCUT2D eigenvalue weighted by molar-refractivity contribution is 5.97. The fraction of sp³-hybridized carbons (Fsp3) is 0.526. The number of rotatable bonds is 9. The maximum absolute atomic E-state index is 12.7. The van der Waals surface area contributed by atoms with E-state index >= 15 is 0 Å². The lowest BCUT2D eigenvalue weighted by Gasteiger charge is -2.28. The van der Waals surface area contributed by atoms with Crippen LogP contribution in [0, 0.1) is 11.3 Å². The van der Waals surface area contributed by atoms with Crippen LogP contribution in [0.2, 0.25) is 0 Å². The van der Waals surface area contributed by atoms with Crippen LogP contribution in [0.1, 0.15) is 58.9 Å². The molecule has 0 aliphatic heterocycles. The van der Waals surface area contributed by atoms with Gasteiger partial charge in [0, 0.05) is 19.2 Å². The van der Waals surface area contributed by atoms with Crippen LogP contribution < -0.4 is 10.1 Å². The summed E-state index contributed by atoms with van der Waals surface area (Å²) >= 11 is 0. The fourth-order valence-corrected chi connectivity index (χ4v) is 2.48. The molecule has 1 aromatic carbocycles. The van der Waals surface area contributed by atoms with Gasteiger partial charge in [-0.3, -0.25) is 9.59 Å². The molecule has 1 rings (SSSR count). The Hall–Kier alpha value is -2.39. The van der Waals surface area contributed by atoms with E-state index in [1.165, 1.54) is 19.1 Å². The molecular formula is C19H26N2O4. The number of esters is 1. The smallest absolute Gasteiger partial charge is 0.308 e. The van der Waals surface area contributed by atoms with Crippen LogP contribution in [-0.2, 0) is 14.3 Å². The average Bonchev–Trinajstić information content (AvgIpc) is 2.56. The maximum Gasteiger partial charge on any atom is 0.308 e. The number of hydrogen-bond donors (Lipinski definition) is 1. The molecule has 1 unspecified atom stereocenters. The van der Waals surface area contributed by atoms with Gasteiger partial charge in [-0.15, -0.1) is 0 Å². The summed E-state index contributed by atoms with van der Waals surface area (Å²) in [6.45, 7) is 7.44. The fourth-order valence-electron chi connectivity index (χ4n) is 2.48. The first kappa shape index (κ1) is 20.7. The summed E-state index contributed by atoms with van der Waals surface area (Å²) in [5.41, 5.74) is -0.290. The molecule has 0 spiro atoms. The van der Waals surface area contributed by atoms with E-state index in [2.05, 4.69) is 12.2 Å². The molecule has 0 saturated carbocycles. The van der Waals surface area contributed by atoms with Gasteiger partial charge in [-0.1, -0.05) is 26.2 Å². The van der Waals surface area contributed by atoms with Gasteiger partial charge in [0.05, 0.1) is 5.56 Å². The van der Waals surface area contributed by atoms with Gasteiger partial charge in [0.2, 0.25) is 0 Å². The summed E-state index contributed by atoms with van der Waals surface area (Å²) in [5, 5.41) is 12.0. The lowest BCUT2D eigenvalue weighted by Crippen LogP contribution is -2.42. The predicted molar refractivity (Wildman–Crippen MR) is 95.3 cm³/mol. The largest absolute Gasteiger partial charge is 0.425 e. The minimum absolute atomic E-state index is 0.170. The normalized spacial score (nSPS) is 12.8. The summed E-state index contributed by atoms with van der Waals surface area (Å²) in [5.74, 6) is -0.591. The molecule has 0 saturated heterocycles. The third kappa shape index (κ3) is 6.20. The number of carbonyl (C=O) groups excluding carboxylic acids is 2. The Morgan fingerprint density at radius 3 is 2.56 bits per heavy atom. The summed E-state index contributed by atoms with van der Waals surface area (Å²) < 4.78 is 10.7. The zero-order valence-corrected chi connectivity index (χ0v) is 15.3. The second-order valence-electron chi connectivity index (χ2n) is 5.99. The molecule has 1 atom stereocenters. The van der Waals surface area contributed by atoms with E-state index in [0.29, 0.717) is 18.7 Å². The van der Waals surface area contributed by atoms with Crippen molar-refractivity contribution in [3.05, 3.63) is 23.8 Å². The van der Waals surface area contributed by atoms with Crippen molar-refractivity contribution in [1.29, 1.82) is 5.26 Å². The number of unbranched alkanes of at least 4 members (excludes halogenated alkanes) is 2. The molecule has 136 valence electrons. The van der Waals surface area contributed by atoms with Crippen LogP contribution in [0.5, 0.6) is 5.75 Å². The SMILES string of the molecule is CCCCCC(C)(OCC)C(=O)Nc1ccc(OC(C)=O)c(C#N)c1. The molecule has 0 radical (unpaired) electrons. The van der Waals surface area contributed by atoms with Crippen molar-refractivity contribution in [3.8, 4) is 11.8 Å². The zero-order chi connectivity index (χ0) is 18.9. The van der Waals surface area contributed by atoms with Crippen LogP contribution in [0.4, 0.5) is 5.69 Å². The van der Waals surface area contributed by atoms with E-state index in [9.17, 15) is 14.9 Å². The van der Waals surface area contributed by atoms with E-state index in [0.717, 1.165) is 19.3 Å². The highest BCUT2D eigenvalue weighted by Crippen LogP contribution is 2.25. The number of carbonyl (C=O) groups is 2. The molecule has 25 heavy (non-hydrogen) atoms. The molecule has 1 N–H and O–H groups in total. The molecule has 1 aromatic rings. The van der Waals surface area contributed by atoms with Gasteiger partial charge in [0.1, 0.15) is 17.4 Å². The lowest BCUT2D eigenvalue weighted by atomic mass is 9.96. The topological polar surface area (TPSA) is 88.4 Å². The van der Waals surface area contributed by atoms with Gasteiger partial charge in [0.15, 0.2) is 0 Å². The number of nitriles is 1. The molecule has 0 heterocycles. The van der Waals surface area contributed by atoms with E-state index in [1.54, 1.807) is 13.0 Å². The van der Waals surface area contributed by atoms with Crippen molar-refractivity contribution in [1.82, 2.24) is 0 Å². The average molecular weight is 346 g/mol. The van der Waals surface area contributed by atoms with Crippen LogP contribution in [0.15, 0.2) is 18.2 Å². The number of hydrogen-bond acceptors (Lipinski definition) is 5. The van der Waals surface area contributed by atoms with E-state index < -0.39 is 11.6 Å². The van der Waals surface area contributed by atoms with E-state index in [-0.39, 0.29) is 17.2 Å². The van der Waals surface area contributed by atoms with Crippen molar-refractivity contribution < 1.29 is 19.1 Å². The maximum atomic E-state index is 12.7. The molecule has 6 nitrogen and oxygen atoms in total. The molecule has 1 amide bonds. The Bertz CT molecular complexity index is 651. The Kier molecular flexibility index (Phi) is 8.09. The number of amides is 1. The summed E-state index contributed by atoms with van der Waals surface area (Å²) in [7, 11) is 0. The summed E-state index contributed by atoms with van der Waals surface area (Å²) in [6.07, 6.45) is 3.62. The molecule has 0 aliphatic carbocycles. The second kappa shape index (κ2) is 9.80. The first-order chi connectivity index (χ1) is 11.9. The Labute approximate surface area is 149 Å². The number of nitrogens with one attached hydrogen (secondary N) is 1. The third-order valence-corrected chi connectivity index (χ3v) is 3.81. The Morgan fingerprint density at radius 1 is 1.28 bits per heavy atom. The van der Waals surface area contributed by atoms with Gasteiger partial charge in [-0.05, 0) is 38.5 Å². The Morgan fingerprint density at radius 2 is 2.00 bits per heavy atom. The first-order valence-electron chi connectivity index (χ1n) is 8.54. The number of ether oxygens (including phenoxy) is 2. The van der Waals surface area contributed by atoms with Crippen LogP contribution in [-0.4, -0.2) is 24.1 Å². The molecule has 6 heteroatoms. The van der Waals surface area contributed by atoms with Crippen molar-refractivity contribution in [3.63, 3.8) is 0 Å². The number of anilines is 1. The first-order valence-corrected chi connectivity index (χ1v) is 8.54. The van der Waals surface area contributed by atoms with Gasteiger partial charge in [0.25, 0.3) is 5.91 Å². The van der Waals surface area contributed by atoms with E-state index in [1.807, 2.05) is 13.0 Å². The standard InChI is InChI=1S/C19H26N2O4/c1-5-7-8-11-19(4,24-6-2)18(23)21-16-9-10-17(25-14(3)22)15(12-16)13-20/h9-10,12H,5-8,11H2,1-4H3,(H,21,23). The van der Waals surface area contributed by atoms with Crippen molar-refractivity contribution in [2.24, 2.45) is 0 Å². The highest BCUT2D eigenvalue weighted by atomic mass is 16.5. The minimum atomic E-state index is -0.925. The monoisotopic (exact) mass is 346 g/mol. The molecular weight excluding hydrogens is 320 g/mol. The van der Waals surface area contributed by atoms with Crippen molar-refractivity contribution in [2.45, 2.75) is 59.0 Å². The van der Waals surface area contributed by atoms with Gasteiger partial charge in [-0.2, -0.15) is 5.26 Å². The third-order valence-electron chi connectivity index (χ3n) is 3.81. The van der Waals surface area contributed by atoms with Crippen LogP contribution >= 0.6 is 0 Å². The van der Waals surface area contributed by atoms with Gasteiger partial charge >= 0.3 is 5.97 Å². The number of nitrogens with zero attached hydrogens (tertiary/aromatic N) is 1. The Balaban J connectivity index is 2.92. The van der Waals surface area contributed by atoms with Crippen molar-refractivity contribution in [2.75, 3.05) is 11.9 Å². The number of benzene rings is 1. The van der Waals surface area contributed by atoms with Gasteiger partial charge in [-0.25, -0.2) is 0 Å². The van der Waals surface area contributed by atoms with Crippen LogP contribution in [0.3, 0.4) is 0 Å². The van der Waals surface area contributed by atoms with Gasteiger partial charge < -0.3 is 14.8 Å². The molecule has 0 fully saturated rings. The van der Waals surface area contributed by atoms with Crippen LogP contribution in [0.25, 0.3) is 0 Å². The summed E-state index contributed by atoms with van der Waals surface area (Å²) in [6, 6.07) is 6.52. The molecule has 0 aliphatic rings. The summed E-state index contributed by atoms with van der Waals surface area (Å²) in [4.78, 5) is 23.7. The highest BCUT2D eigenvalue weighted by Gasteiger charge is 2.33. The minimum Gasteiger partial charge on any atom is -0.425 e. The quantitative estimate of drug-likeness (QED) is 0.417.